The summed E-state index contributed by atoms with van der Waals surface area (Å²) < 4.78 is 6.31. The van der Waals surface area contributed by atoms with E-state index in [9.17, 15) is 0 Å². The minimum absolute atomic E-state index is 0.919. The summed E-state index contributed by atoms with van der Waals surface area (Å²) in [7, 11) is 0. The molecule has 0 saturated carbocycles. The molecule has 11 rings (SSSR count). The molecule has 0 amide bonds. The third-order valence-electron chi connectivity index (χ3n) is 12.3. The van der Waals surface area contributed by atoms with Gasteiger partial charge < -0.3 is 9.32 Å². The molecule has 2 nitrogen and oxygen atoms in total. The zero-order valence-corrected chi connectivity index (χ0v) is 34.9. The Bertz CT molecular complexity index is 3340. The van der Waals surface area contributed by atoms with Gasteiger partial charge in [0.15, 0.2) is 0 Å². The van der Waals surface area contributed by atoms with Crippen LogP contribution in [0.1, 0.15) is 5.56 Å². The lowest BCUT2D eigenvalue weighted by Crippen LogP contribution is -2.09. The third-order valence-corrected chi connectivity index (χ3v) is 12.3. The molecule has 0 spiro atoms. The summed E-state index contributed by atoms with van der Waals surface area (Å²) in [5.74, 6) is 0.925. The number of hydrogen-bond acceptors (Lipinski definition) is 2. The first kappa shape index (κ1) is 37.8. The Labute approximate surface area is 368 Å². The highest BCUT2D eigenvalue weighted by Gasteiger charge is 2.16. The van der Waals surface area contributed by atoms with Gasteiger partial charge in [-0.1, -0.05) is 188 Å². The molecule has 1 aromatic heterocycles. The Balaban J connectivity index is 0.886. The number of rotatable bonds is 9. The van der Waals surface area contributed by atoms with E-state index in [-0.39, 0.29) is 0 Å². The molecule has 0 aliphatic carbocycles. The van der Waals surface area contributed by atoms with E-state index >= 15 is 0 Å². The van der Waals surface area contributed by atoms with Gasteiger partial charge in [0.05, 0.1) is 0 Å². The minimum Gasteiger partial charge on any atom is -0.456 e. The number of hydrogen-bond donors (Lipinski definition) is 0. The van der Waals surface area contributed by atoms with Crippen molar-refractivity contribution in [1.82, 2.24) is 0 Å². The lowest BCUT2D eigenvalue weighted by atomic mass is 9.97. The average Bonchev–Trinajstić information content (AvgIpc) is 3.71. The Hall–Kier alpha value is -8.20. The number of benzene rings is 10. The number of furan rings is 1. The molecule has 11 aromatic rings. The fourth-order valence-electron chi connectivity index (χ4n) is 8.86. The molecule has 1 heterocycles. The molecule has 2 heteroatoms. The first-order chi connectivity index (χ1) is 31.1. The molecule has 10 aromatic carbocycles. The average molecular weight is 806 g/mol. The summed E-state index contributed by atoms with van der Waals surface area (Å²) in [6.07, 6.45) is 0. The van der Waals surface area contributed by atoms with Crippen LogP contribution in [-0.4, -0.2) is 0 Å². The second-order valence-corrected chi connectivity index (χ2v) is 16.2. The van der Waals surface area contributed by atoms with E-state index < -0.39 is 0 Å². The van der Waals surface area contributed by atoms with E-state index in [1.807, 2.05) is 12.1 Å². The standard InChI is InChI=1S/C61H43NO/c1-42-59-16-7-8-17-60(59)63-61(42)55-15-9-14-53(41-55)50-24-22-47(23-25-50)49-30-36-57(37-31-49)62(58-38-32-51(33-39-58)54-27-26-44-12-5-6-13-52(44)40-54)56-34-28-48(29-35-56)46-20-18-45(19-21-46)43-10-3-2-4-11-43/h2-41H,1H3. The number of aryl methyl sites for hydroxylation is 1. The maximum Gasteiger partial charge on any atom is 0.138 e. The summed E-state index contributed by atoms with van der Waals surface area (Å²) in [4.78, 5) is 2.34. The van der Waals surface area contributed by atoms with Crippen LogP contribution in [0, 0.1) is 6.92 Å². The molecule has 0 fully saturated rings. The molecule has 0 atom stereocenters. The van der Waals surface area contributed by atoms with Crippen molar-refractivity contribution < 1.29 is 4.42 Å². The number of nitrogens with zero attached hydrogens (tertiary/aromatic N) is 1. The van der Waals surface area contributed by atoms with Crippen molar-refractivity contribution in [1.29, 1.82) is 0 Å². The fourth-order valence-corrected chi connectivity index (χ4v) is 8.86. The van der Waals surface area contributed by atoms with E-state index in [1.54, 1.807) is 0 Å². The van der Waals surface area contributed by atoms with Crippen LogP contribution in [-0.2, 0) is 0 Å². The van der Waals surface area contributed by atoms with Crippen LogP contribution in [0.2, 0.25) is 0 Å². The van der Waals surface area contributed by atoms with Crippen LogP contribution in [0.15, 0.2) is 247 Å². The Morgan fingerprint density at radius 2 is 0.667 bits per heavy atom. The molecular weight excluding hydrogens is 763 g/mol. The van der Waals surface area contributed by atoms with Crippen molar-refractivity contribution in [2.75, 3.05) is 4.90 Å². The Kier molecular flexibility index (Phi) is 9.80. The predicted molar refractivity (Wildman–Crippen MR) is 266 cm³/mol. The zero-order chi connectivity index (χ0) is 42.1. The van der Waals surface area contributed by atoms with E-state index in [2.05, 4.69) is 242 Å². The second kappa shape index (κ2) is 16.3. The maximum atomic E-state index is 6.31. The SMILES string of the molecule is Cc1c(-c2cccc(-c3ccc(-c4ccc(N(c5ccc(-c6ccc(-c7ccccc7)cc6)cc5)c5ccc(-c6ccc7ccccc7c6)cc5)cc4)cc3)c2)oc2ccccc12. The minimum atomic E-state index is 0.919. The van der Waals surface area contributed by atoms with Gasteiger partial charge in [0, 0.05) is 33.6 Å². The van der Waals surface area contributed by atoms with Crippen LogP contribution in [0.25, 0.3) is 88.7 Å². The molecule has 63 heavy (non-hydrogen) atoms. The first-order valence-electron chi connectivity index (χ1n) is 21.6. The van der Waals surface area contributed by atoms with Gasteiger partial charge in [-0.2, -0.15) is 0 Å². The van der Waals surface area contributed by atoms with Crippen molar-refractivity contribution in [3.63, 3.8) is 0 Å². The monoisotopic (exact) mass is 805 g/mol. The molecule has 0 saturated heterocycles. The smallest absolute Gasteiger partial charge is 0.138 e. The Morgan fingerprint density at radius 1 is 0.286 bits per heavy atom. The van der Waals surface area contributed by atoms with Crippen molar-refractivity contribution in [3.8, 4) is 67.0 Å². The van der Waals surface area contributed by atoms with E-state index in [1.165, 1.54) is 60.8 Å². The number of fused-ring (bicyclic) bond motifs is 2. The molecule has 0 aliphatic rings. The quantitative estimate of drug-likeness (QED) is 0.144. The van der Waals surface area contributed by atoms with Crippen LogP contribution in [0.5, 0.6) is 0 Å². The van der Waals surface area contributed by atoms with Gasteiger partial charge in [-0.3, -0.25) is 0 Å². The lowest BCUT2D eigenvalue weighted by Gasteiger charge is -2.26. The van der Waals surface area contributed by atoms with Gasteiger partial charge in [0.1, 0.15) is 11.3 Å². The van der Waals surface area contributed by atoms with E-state index in [0.717, 1.165) is 50.5 Å². The van der Waals surface area contributed by atoms with Crippen LogP contribution >= 0.6 is 0 Å². The van der Waals surface area contributed by atoms with E-state index in [0.29, 0.717) is 0 Å². The van der Waals surface area contributed by atoms with Gasteiger partial charge >= 0.3 is 0 Å². The van der Waals surface area contributed by atoms with Gasteiger partial charge in [-0.05, 0) is 128 Å². The van der Waals surface area contributed by atoms with Crippen LogP contribution in [0.3, 0.4) is 0 Å². The molecule has 0 bridgehead atoms. The summed E-state index contributed by atoms with van der Waals surface area (Å²) in [5.41, 5.74) is 18.3. The van der Waals surface area contributed by atoms with Crippen molar-refractivity contribution in [2.24, 2.45) is 0 Å². The van der Waals surface area contributed by atoms with Gasteiger partial charge in [-0.25, -0.2) is 0 Å². The molecule has 0 aliphatic heterocycles. The summed E-state index contributed by atoms with van der Waals surface area (Å²) in [5, 5.41) is 3.65. The predicted octanol–water partition coefficient (Wildman–Crippen LogP) is 17.4. The third kappa shape index (κ3) is 7.49. The van der Waals surface area contributed by atoms with Crippen molar-refractivity contribution in [2.45, 2.75) is 6.92 Å². The Morgan fingerprint density at radius 3 is 1.21 bits per heavy atom. The number of para-hydroxylation sites is 1. The second-order valence-electron chi connectivity index (χ2n) is 16.2. The molecule has 0 unspecified atom stereocenters. The fraction of sp³-hybridized carbons (Fsp3) is 0.0164. The van der Waals surface area contributed by atoms with Crippen LogP contribution < -0.4 is 4.90 Å². The molecule has 0 N–H and O–H groups in total. The first-order valence-corrected chi connectivity index (χ1v) is 21.6. The van der Waals surface area contributed by atoms with Crippen molar-refractivity contribution in [3.05, 3.63) is 248 Å². The van der Waals surface area contributed by atoms with E-state index in [4.69, 9.17) is 4.42 Å². The molecule has 298 valence electrons. The van der Waals surface area contributed by atoms with Gasteiger partial charge in [0.2, 0.25) is 0 Å². The number of anilines is 3. The maximum absolute atomic E-state index is 6.31. The highest BCUT2D eigenvalue weighted by Crippen LogP contribution is 2.39. The normalized spacial score (nSPS) is 11.3. The topological polar surface area (TPSA) is 16.4 Å². The molecular formula is C61H43NO. The van der Waals surface area contributed by atoms with Crippen molar-refractivity contribution >= 4 is 38.8 Å². The van der Waals surface area contributed by atoms with Crippen LogP contribution in [0.4, 0.5) is 17.1 Å². The summed E-state index contributed by atoms with van der Waals surface area (Å²) in [6, 6.07) is 87.2. The highest BCUT2D eigenvalue weighted by molar-refractivity contribution is 5.90. The van der Waals surface area contributed by atoms with Gasteiger partial charge in [-0.15, -0.1) is 0 Å². The highest BCUT2D eigenvalue weighted by atomic mass is 16.3. The largest absolute Gasteiger partial charge is 0.456 e. The summed E-state index contributed by atoms with van der Waals surface area (Å²) in [6.45, 7) is 2.14. The summed E-state index contributed by atoms with van der Waals surface area (Å²) >= 11 is 0. The molecule has 0 radical (unpaired) electrons. The zero-order valence-electron chi connectivity index (χ0n) is 34.9. The van der Waals surface area contributed by atoms with Gasteiger partial charge in [0.25, 0.3) is 0 Å². The lowest BCUT2D eigenvalue weighted by molar-refractivity contribution is 0.629.